The smallest absolute Gasteiger partial charge is 0.0690 e. The van der Waals surface area contributed by atoms with E-state index in [1.807, 2.05) is 6.92 Å². The predicted molar refractivity (Wildman–Crippen MR) is 110 cm³/mol. The number of ether oxygens (including phenoxy) is 1. The first-order valence-corrected chi connectivity index (χ1v) is 12.6. The zero-order valence-corrected chi connectivity index (χ0v) is 23.5. The van der Waals surface area contributed by atoms with Crippen LogP contribution in [0.3, 0.4) is 0 Å². The molecule has 5 N–H and O–H groups in total. The number of H-pyrrole nitrogens is 1. The normalized spacial score (nSPS) is 23.8. The fraction of sp³-hybridized carbons (Fsp3) is 0.667. The number of aromatic nitrogens is 3. The van der Waals surface area contributed by atoms with Crippen LogP contribution in [0.4, 0.5) is 0 Å². The van der Waals surface area contributed by atoms with Crippen LogP contribution in [0.5, 0.6) is 0 Å². The van der Waals surface area contributed by atoms with Crippen LogP contribution in [0.15, 0.2) is 17.3 Å². The number of hydrogen-bond donors (Lipinski definition) is 5. The number of phosphoric ester groups is 1. The molecule has 185 valence electrons. The van der Waals surface area contributed by atoms with E-state index in [9.17, 15) is 18.6 Å². The third-order valence-corrected chi connectivity index (χ3v) is 6.95. The molecule has 3 unspecified atom stereocenters. The van der Waals surface area contributed by atoms with E-state index < -0.39 is 42.4 Å². The maximum absolute atomic E-state index is 11.6. The second kappa shape index (κ2) is 17.0. The molecule has 1 aliphatic heterocycles. The molecular weight excluding hydrogens is 569 g/mol. The molecule has 0 amide bonds. The van der Waals surface area contributed by atoms with Crippen LogP contribution in [-0.2, 0) is 64.3 Å². The number of hydrogen-bond acceptors (Lipinski definition) is 10. The number of rotatable bonds is 9. The molecule has 0 spiro atoms. The van der Waals surface area contributed by atoms with Gasteiger partial charge >= 0.3 is 138 Å². The molecule has 1 fully saturated rings. The second-order valence-corrected chi connectivity index (χ2v) is 10.0. The minimum absolute atomic E-state index is 0. The Morgan fingerprint density at radius 1 is 1.12 bits per heavy atom. The van der Waals surface area contributed by atoms with E-state index in [0.29, 0.717) is 6.42 Å². The molecule has 1 saturated heterocycles. The quantitative estimate of drug-likeness (QED) is 0.157. The summed E-state index contributed by atoms with van der Waals surface area (Å²) < 4.78 is 50.5. The first kappa shape index (κ1) is 37.0. The molecule has 2 rings (SSSR count). The van der Waals surface area contributed by atoms with Gasteiger partial charge in [0, 0.05) is 32.7 Å². The molecule has 0 saturated carbocycles. The Morgan fingerprint density at radius 3 is 2.12 bits per heavy atom. The zero-order valence-electron chi connectivity index (χ0n) is 18.0. The van der Waals surface area contributed by atoms with Crippen molar-refractivity contribution in [3.05, 3.63) is 27.2 Å². The minimum atomic E-state index is -5.50. The topological polar surface area (TPSA) is 223 Å². The van der Waals surface area contributed by atoms with E-state index in [0.717, 1.165) is 6.32 Å². The van der Waals surface area contributed by atoms with Crippen LogP contribution in [0.2, 0.25) is 6.32 Å². The minimum Gasteiger partial charge on any atom is -0.358 e. The van der Waals surface area contributed by atoms with Gasteiger partial charge in [0.25, 0.3) is 0 Å². The van der Waals surface area contributed by atoms with E-state index in [4.69, 9.17) is 19.4 Å². The molecule has 0 aromatic carbocycles. The summed E-state index contributed by atoms with van der Waals surface area (Å²) in [4.78, 5) is 39.4. The van der Waals surface area contributed by atoms with Crippen molar-refractivity contribution in [2.24, 2.45) is 10.8 Å². The molecule has 15 nitrogen and oxygen atoms in total. The molecule has 1 aromatic heterocycles. The van der Waals surface area contributed by atoms with E-state index in [1.54, 1.807) is 26.4 Å². The summed E-state index contributed by atoms with van der Waals surface area (Å²) >= 11 is 0. The molecule has 5 atom stereocenters. The standard InChI is InChI=1S/C8H19BNO11P3.C2H3N3.2CH3.Y/c1-3-9-10-8-4-6(2)7(19-8)5-18-23(14,15)21-24(16,17)20-22(11,12)13;1-2-4-5-3-1;;;/h6-8H,3-5H2,1-2H3,(H,14,15)(H,16,17)(H2,11,12,13);1-2H,(H,3,4,5);2*1H3;/q;;2*-1;/t6?,7-,8-;;;;/m1..../s1. The van der Waals surface area contributed by atoms with Crippen molar-refractivity contribution < 1.29 is 83.9 Å². The Hall–Kier alpha value is 0.479. The fourth-order valence-corrected chi connectivity index (χ4v) is 5.05. The largest absolute Gasteiger partial charge is 0.358 e. The van der Waals surface area contributed by atoms with Gasteiger partial charge in [0.05, 0.1) is 12.4 Å². The summed E-state index contributed by atoms with van der Waals surface area (Å²) in [6, 6.07) is 0. The zero-order chi connectivity index (χ0) is 22.1. The number of nitrogens with one attached hydrogen (secondary N) is 1. The van der Waals surface area contributed by atoms with Gasteiger partial charge in [-0.3, -0.25) is 0 Å². The van der Waals surface area contributed by atoms with Crippen molar-refractivity contribution in [2.75, 3.05) is 6.61 Å². The van der Waals surface area contributed by atoms with Gasteiger partial charge in [-0.05, 0) is 0 Å². The van der Waals surface area contributed by atoms with Gasteiger partial charge in [-0.25, -0.2) is 0 Å². The van der Waals surface area contributed by atoms with Crippen molar-refractivity contribution >= 4 is 30.5 Å². The van der Waals surface area contributed by atoms with Crippen LogP contribution >= 0.6 is 23.5 Å². The van der Waals surface area contributed by atoms with Gasteiger partial charge in [0.15, 0.2) is 0 Å². The monoisotopic (exact) mass is 597 g/mol. The van der Waals surface area contributed by atoms with E-state index in [-0.39, 0.29) is 53.5 Å². The van der Waals surface area contributed by atoms with E-state index in [1.165, 1.54) is 0 Å². The summed E-state index contributed by atoms with van der Waals surface area (Å²) in [7, 11) is -14.4. The van der Waals surface area contributed by atoms with Crippen molar-refractivity contribution in [1.82, 2.24) is 15.4 Å². The van der Waals surface area contributed by atoms with Gasteiger partial charge < -0.3 is 14.9 Å². The molecule has 20 heteroatoms. The average Bonchev–Trinajstić information content (AvgIpc) is 3.21. The Morgan fingerprint density at radius 2 is 1.69 bits per heavy atom. The molecule has 1 aromatic rings. The number of nitrogens with zero attached hydrogens (tertiary/aromatic N) is 3. The van der Waals surface area contributed by atoms with Crippen molar-refractivity contribution in [1.29, 1.82) is 0 Å². The Balaban J connectivity index is -0.000000924. The van der Waals surface area contributed by atoms with Crippen LogP contribution < -0.4 is 0 Å². The molecule has 2 heterocycles. The summed E-state index contributed by atoms with van der Waals surface area (Å²) in [6.45, 7) is 3.24. The van der Waals surface area contributed by atoms with Crippen LogP contribution in [-0.4, -0.2) is 61.0 Å². The Labute approximate surface area is 212 Å². The van der Waals surface area contributed by atoms with E-state index >= 15 is 0 Å². The maximum Gasteiger partial charge on any atom is 0.0690 e. The first-order chi connectivity index (χ1) is 13.3. The van der Waals surface area contributed by atoms with Crippen LogP contribution in [0.25, 0.3) is 0 Å². The summed E-state index contributed by atoms with van der Waals surface area (Å²) in [5.41, 5.74) is 0. The Kier molecular flexibility index (Phi) is 19.7. The summed E-state index contributed by atoms with van der Waals surface area (Å²) in [5.74, 6) is -0.0729. The second-order valence-electron chi connectivity index (χ2n) is 5.63. The average molecular weight is 597 g/mol. The maximum atomic E-state index is 11.6. The van der Waals surface area contributed by atoms with Gasteiger partial charge in [-0.15, -0.1) is 0 Å². The van der Waals surface area contributed by atoms with Crippen molar-refractivity contribution in [3.63, 3.8) is 0 Å². The third-order valence-electron chi connectivity index (χ3n) is 3.14. The third kappa shape index (κ3) is 17.0. The van der Waals surface area contributed by atoms with Crippen LogP contribution in [0, 0.1) is 20.8 Å². The molecule has 1 radical (unpaired) electrons. The number of phosphoric acid groups is 3. The van der Waals surface area contributed by atoms with Crippen molar-refractivity contribution in [2.45, 2.75) is 38.9 Å². The SMILES string of the molecule is CCB=N[C@H]1CC(C)[C@@H](COP(=O)(O)OP(=O)(O)OP(=O)(O)O)O1.[CH3-].[CH3-].[Y].c1cn[nH]n1. The Bertz CT molecular complexity index is 767. The molecular formula is C12H28BN4O11P3Y-2. The number of aromatic amines is 1. The van der Waals surface area contributed by atoms with Gasteiger partial charge in [0.2, 0.25) is 0 Å². The van der Waals surface area contributed by atoms with Gasteiger partial charge in [-0.1, -0.05) is 0 Å². The molecule has 0 bridgehead atoms. The molecule has 1 aliphatic rings. The fourth-order valence-electron chi connectivity index (χ4n) is 2.02. The van der Waals surface area contributed by atoms with E-state index in [2.05, 4.69) is 33.5 Å². The first-order valence-electron chi connectivity index (χ1n) is 8.08. The predicted octanol–water partition coefficient (Wildman–Crippen LogP) is 2.11. The molecule has 32 heavy (non-hydrogen) atoms. The van der Waals surface area contributed by atoms with Gasteiger partial charge in [-0.2, -0.15) is 15.4 Å². The van der Waals surface area contributed by atoms with Crippen molar-refractivity contribution in [3.8, 4) is 0 Å². The van der Waals surface area contributed by atoms with Gasteiger partial charge in [0.1, 0.15) is 0 Å². The van der Waals surface area contributed by atoms with Crippen LogP contribution in [0.1, 0.15) is 20.3 Å². The summed E-state index contributed by atoms with van der Waals surface area (Å²) in [6.07, 6.45) is 3.41. The summed E-state index contributed by atoms with van der Waals surface area (Å²) in [5, 5.41) is 9.33. The molecule has 0 aliphatic carbocycles.